The summed E-state index contributed by atoms with van der Waals surface area (Å²) in [5.41, 5.74) is -1.13. The standard InChI is InChI=1S/C36H48F4N2O.ClH/c1-3-4-5-6-7-8-9-10-11-12-20-36(26-41,31-25-32(38)34(40)27(2)33(31)39)21-13-22-42-23-18-29(19-24-42)35(43)28-14-16-30(37)17-15-28;/h14-17,25,29H,3-13,18-24H2,1-2H3;1H. The van der Waals surface area contributed by atoms with Gasteiger partial charge in [0.05, 0.1) is 11.5 Å². The van der Waals surface area contributed by atoms with Gasteiger partial charge >= 0.3 is 0 Å². The van der Waals surface area contributed by atoms with Crippen LogP contribution in [0.15, 0.2) is 30.3 Å². The van der Waals surface area contributed by atoms with Gasteiger partial charge in [-0.25, -0.2) is 17.6 Å². The van der Waals surface area contributed by atoms with Gasteiger partial charge in [-0.15, -0.1) is 12.4 Å². The molecule has 2 aromatic carbocycles. The number of piperidine rings is 1. The number of benzene rings is 2. The lowest BCUT2D eigenvalue weighted by Gasteiger charge is -2.33. The van der Waals surface area contributed by atoms with Crippen LogP contribution in [0.2, 0.25) is 0 Å². The summed E-state index contributed by atoms with van der Waals surface area (Å²) in [6.45, 7) is 5.53. The number of hydrogen-bond donors (Lipinski definition) is 0. The van der Waals surface area contributed by atoms with Crippen LogP contribution in [0.5, 0.6) is 0 Å². The summed E-state index contributed by atoms with van der Waals surface area (Å²) in [4.78, 5) is 15.1. The van der Waals surface area contributed by atoms with Crippen molar-refractivity contribution in [1.29, 1.82) is 5.26 Å². The van der Waals surface area contributed by atoms with Crippen LogP contribution < -0.4 is 0 Å². The van der Waals surface area contributed by atoms with Gasteiger partial charge in [-0.3, -0.25) is 4.79 Å². The molecule has 44 heavy (non-hydrogen) atoms. The molecule has 2 aromatic rings. The quantitative estimate of drug-likeness (QED) is 0.0708. The van der Waals surface area contributed by atoms with E-state index >= 15 is 4.39 Å². The average molecular weight is 637 g/mol. The topological polar surface area (TPSA) is 44.1 Å². The molecule has 0 spiro atoms. The lowest BCUT2D eigenvalue weighted by atomic mass is 9.73. The second kappa shape index (κ2) is 19.2. The lowest BCUT2D eigenvalue weighted by molar-refractivity contribution is 0.0837. The van der Waals surface area contributed by atoms with Gasteiger partial charge in [-0.2, -0.15) is 5.26 Å². The third-order valence-electron chi connectivity index (χ3n) is 9.23. The molecule has 1 heterocycles. The minimum atomic E-state index is -1.24. The molecular formula is C36H49ClF4N2O. The van der Waals surface area contributed by atoms with Crippen molar-refractivity contribution in [1.82, 2.24) is 4.90 Å². The van der Waals surface area contributed by atoms with Crippen LogP contribution in [-0.4, -0.2) is 30.3 Å². The summed E-state index contributed by atoms with van der Waals surface area (Å²) in [6.07, 6.45) is 14.0. The second-order valence-corrected chi connectivity index (χ2v) is 12.4. The van der Waals surface area contributed by atoms with Gasteiger partial charge in [-0.1, -0.05) is 71.1 Å². The number of carbonyl (C=O) groups excluding carboxylic acids is 1. The highest BCUT2D eigenvalue weighted by Gasteiger charge is 2.37. The fourth-order valence-electron chi connectivity index (χ4n) is 6.43. The SMILES string of the molecule is CCCCCCCCCCCCC(C#N)(CCCN1CCC(C(=O)c2ccc(F)cc2)CC1)c1cc(F)c(F)c(C)c1F.Cl. The van der Waals surface area contributed by atoms with Crippen molar-refractivity contribution in [2.75, 3.05) is 19.6 Å². The van der Waals surface area contributed by atoms with Gasteiger partial charge in [0.1, 0.15) is 11.6 Å². The summed E-state index contributed by atoms with van der Waals surface area (Å²) in [5.74, 6) is -3.60. The minimum Gasteiger partial charge on any atom is -0.303 e. The molecular weight excluding hydrogens is 588 g/mol. The molecule has 1 fully saturated rings. The number of nitrogens with zero attached hydrogens (tertiary/aromatic N) is 2. The summed E-state index contributed by atoms with van der Waals surface area (Å²) >= 11 is 0. The van der Waals surface area contributed by atoms with Crippen LogP contribution >= 0.6 is 12.4 Å². The highest BCUT2D eigenvalue weighted by atomic mass is 35.5. The maximum atomic E-state index is 15.4. The molecule has 0 aromatic heterocycles. The van der Waals surface area contributed by atoms with Crippen LogP contribution in [0.3, 0.4) is 0 Å². The van der Waals surface area contributed by atoms with E-state index in [9.17, 15) is 23.2 Å². The Labute approximate surface area is 267 Å². The van der Waals surface area contributed by atoms with E-state index in [4.69, 9.17) is 0 Å². The first-order valence-corrected chi connectivity index (χ1v) is 16.3. The molecule has 0 bridgehead atoms. The summed E-state index contributed by atoms with van der Waals surface area (Å²) in [7, 11) is 0. The lowest BCUT2D eigenvalue weighted by Crippen LogP contribution is -2.37. The van der Waals surface area contributed by atoms with E-state index in [0.717, 1.165) is 31.7 Å². The molecule has 1 aliphatic rings. The predicted molar refractivity (Wildman–Crippen MR) is 171 cm³/mol. The molecule has 0 N–H and O–H groups in total. The average Bonchev–Trinajstić information content (AvgIpc) is 3.02. The fraction of sp³-hybridized carbons (Fsp3) is 0.611. The van der Waals surface area contributed by atoms with E-state index in [1.807, 2.05) is 0 Å². The van der Waals surface area contributed by atoms with Crippen LogP contribution in [-0.2, 0) is 5.41 Å². The van der Waals surface area contributed by atoms with Gasteiger partial charge in [-0.05, 0) is 89.0 Å². The Bertz CT molecular complexity index is 1210. The van der Waals surface area contributed by atoms with Crippen LogP contribution in [0.25, 0.3) is 0 Å². The number of ketones is 1. The van der Waals surface area contributed by atoms with E-state index in [2.05, 4.69) is 17.9 Å². The van der Waals surface area contributed by atoms with Crippen LogP contribution in [0.1, 0.15) is 125 Å². The van der Waals surface area contributed by atoms with Crippen molar-refractivity contribution in [3.63, 3.8) is 0 Å². The minimum absolute atomic E-state index is 0. The molecule has 1 saturated heterocycles. The molecule has 0 amide bonds. The zero-order valence-electron chi connectivity index (χ0n) is 26.4. The zero-order valence-corrected chi connectivity index (χ0v) is 27.2. The molecule has 0 saturated carbocycles. The van der Waals surface area contributed by atoms with Crippen molar-refractivity contribution in [3.05, 3.63) is 70.3 Å². The Morgan fingerprint density at radius 2 is 1.41 bits per heavy atom. The number of likely N-dealkylation sites (tertiary alicyclic amines) is 1. The Morgan fingerprint density at radius 3 is 1.98 bits per heavy atom. The van der Waals surface area contributed by atoms with Crippen molar-refractivity contribution in [2.45, 2.75) is 116 Å². The number of nitriles is 1. The first kappa shape index (κ1) is 37.8. The maximum absolute atomic E-state index is 15.4. The predicted octanol–water partition coefficient (Wildman–Crippen LogP) is 10.4. The Morgan fingerprint density at radius 1 is 0.864 bits per heavy atom. The van der Waals surface area contributed by atoms with E-state index in [0.29, 0.717) is 57.3 Å². The second-order valence-electron chi connectivity index (χ2n) is 12.4. The fourth-order valence-corrected chi connectivity index (χ4v) is 6.43. The Kier molecular flexibility index (Phi) is 16.4. The van der Waals surface area contributed by atoms with Crippen LogP contribution in [0.4, 0.5) is 17.6 Å². The summed E-state index contributed by atoms with van der Waals surface area (Å²) in [6, 6.07) is 8.89. The maximum Gasteiger partial charge on any atom is 0.166 e. The van der Waals surface area contributed by atoms with E-state index in [1.165, 1.54) is 69.7 Å². The van der Waals surface area contributed by atoms with Crippen molar-refractivity contribution < 1.29 is 22.4 Å². The summed E-state index contributed by atoms with van der Waals surface area (Å²) < 4.78 is 57.2. The smallest absolute Gasteiger partial charge is 0.166 e. The molecule has 244 valence electrons. The van der Waals surface area contributed by atoms with Gasteiger partial charge in [0.25, 0.3) is 0 Å². The molecule has 1 unspecified atom stereocenters. The molecule has 8 heteroatoms. The largest absolute Gasteiger partial charge is 0.303 e. The van der Waals surface area contributed by atoms with E-state index < -0.39 is 22.9 Å². The zero-order chi connectivity index (χ0) is 31.2. The number of unbranched alkanes of at least 4 members (excludes halogenated alkanes) is 9. The molecule has 0 aliphatic carbocycles. The highest BCUT2D eigenvalue weighted by Crippen LogP contribution is 2.38. The number of Topliss-reactive ketones (excluding diaryl/α,β-unsaturated/α-hetero) is 1. The van der Waals surface area contributed by atoms with Crippen molar-refractivity contribution >= 4 is 18.2 Å². The third-order valence-corrected chi connectivity index (χ3v) is 9.23. The molecule has 0 radical (unpaired) electrons. The number of rotatable bonds is 18. The number of halogens is 5. The first-order chi connectivity index (χ1) is 20.7. The normalized spacial score (nSPS) is 15.4. The Hall–Kier alpha value is -2.43. The third kappa shape index (κ3) is 10.6. The molecule has 1 aliphatic heterocycles. The van der Waals surface area contributed by atoms with Gasteiger partial charge in [0.15, 0.2) is 17.4 Å². The highest BCUT2D eigenvalue weighted by molar-refractivity contribution is 5.97. The van der Waals surface area contributed by atoms with Gasteiger partial charge < -0.3 is 4.90 Å². The van der Waals surface area contributed by atoms with E-state index in [-0.39, 0.29) is 41.1 Å². The van der Waals surface area contributed by atoms with Gasteiger partial charge in [0.2, 0.25) is 0 Å². The van der Waals surface area contributed by atoms with Crippen molar-refractivity contribution in [3.8, 4) is 6.07 Å². The molecule has 3 rings (SSSR count). The van der Waals surface area contributed by atoms with E-state index in [1.54, 1.807) is 0 Å². The monoisotopic (exact) mass is 636 g/mol. The van der Waals surface area contributed by atoms with Gasteiger partial charge in [0, 0.05) is 22.6 Å². The molecule has 3 nitrogen and oxygen atoms in total. The molecule has 1 atom stereocenters. The number of carbonyl (C=O) groups is 1. The first-order valence-electron chi connectivity index (χ1n) is 16.3. The number of hydrogen-bond acceptors (Lipinski definition) is 3. The summed E-state index contributed by atoms with van der Waals surface area (Å²) in [5, 5.41) is 10.4. The van der Waals surface area contributed by atoms with Crippen molar-refractivity contribution in [2.24, 2.45) is 5.92 Å². The van der Waals surface area contributed by atoms with Crippen LogP contribution in [0, 0.1) is 47.4 Å². The Balaban J connectivity index is 0.00000675.